The van der Waals surface area contributed by atoms with Crippen LogP contribution in [0.4, 0.5) is 0 Å². The third-order valence-corrected chi connectivity index (χ3v) is 3.52. The van der Waals surface area contributed by atoms with E-state index in [2.05, 4.69) is 24.8 Å². The minimum Gasteiger partial charge on any atom is -0.131 e. The Bertz CT molecular complexity index is 130. The zero-order chi connectivity index (χ0) is 8.65. The summed E-state index contributed by atoms with van der Waals surface area (Å²) in [4.78, 5) is 1.66. The molecule has 1 fully saturated rings. The Morgan fingerprint density at radius 2 is 2.25 bits per heavy atom. The van der Waals surface area contributed by atoms with Crippen LogP contribution in [0.3, 0.4) is 0 Å². The summed E-state index contributed by atoms with van der Waals surface area (Å²) in [7, 11) is 0. The van der Waals surface area contributed by atoms with Gasteiger partial charge in [0.1, 0.15) is 0 Å². The summed E-state index contributed by atoms with van der Waals surface area (Å²) in [6.07, 6.45) is 12.1. The molecule has 1 aliphatic heterocycles. The number of hydrogen-bond acceptors (Lipinski definition) is 1. The second-order valence-corrected chi connectivity index (χ2v) is 4.69. The summed E-state index contributed by atoms with van der Waals surface area (Å²) < 4.78 is 0. The number of thioether (sulfide) groups is 1. The Morgan fingerprint density at radius 1 is 1.33 bits per heavy atom. The van der Waals surface area contributed by atoms with Gasteiger partial charge in [0.2, 0.25) is 0 Å². The van der Waals surface area contributed by atoms with Gasteiger partial charge >= 0.3 is 0 Å². The number of rotatable bonds is 5. The van der Waals surface area contributed by atoms with Crippen LogP contribution in [0.15, 0.2) is 11.0 Å². The van der Waals surface area contributed by atoms with Crippen LogP contribution in [0.5, 0.6) is 0 Å². The van der Waals surface area contributed by atoms with E-state index in [4.69, 9.17) is 0 Å². The fourth-order valence-electron chi connectivity index (χ4n) is 1.52. The third-order valence-electron chi connectivity index (χ3n) is 2.28. The highest BCUT2D eigenvalue weighted by Gasteiger charge is 2.05. The second-order valence-electron chi connectivity index (χ2n) is 3.47. The van der Waals surface area contributed by atoms with Crippen LogP contribution < -0.4 is 0 Å². The molecule has 1 heteroatoms. The summed E-state index contributed by atoms with van der Waals surface area (Å²) in [6.45, 7) is 2.27. The van der Waals surface area contributed by atoms with Gasteiger partial charge in [0.15, 0.2) is 0 Å². The Labute approximate surface area is 80.8 Å². The molecule has 0 unspecified atom stereocenters. The molecule has 0 spiro atoms. The lowest BCUT2D eigenvalue weighted by atomic mass is 10.1. The first-order valence-electron chi connectivity index (χ1n) is 5.25. The lowest BCUT2D eigenvalue weighted by molar-refractivity contribution is 0.673. The highest BCUT2D eigenvalue weighted by atomic mass is 32.2. The fraction of sp³-hybridized carbons (Fsp3) is 0.818. The zero-order valence-corrected chi connectivity index (χ0v) is 8.96. The molecule has 1 heterocycles. The van der Waals surface area contributed by atoms with Crippen molar-refractivity contribution in [2.75, 3.05) is 5.75 Å². The van der Waals surface area contributed by atoms with Crippen molar-refractivity contribution in [2.24, 2.45) is 0 Å². The fourth-order valence-corrected chi connectivity index (χ4v) is 2.59. The number of allylic oxidation sites excluding steroid dienone is 2. The van der Waals surface area contributed by atoms with Gasteiger partial charge in [-0.1, -0.05) is 32.3 Å². The maximum atomic E-state index is 2.47. The Morgan fingerprint density at radius 3 is 2.92 bits per heavy atom. The first-order chi connectivity index (χ1) is 5.93. The molecule has 0 aromatic heterocycles. The maximum Gasteiger partial charge on any atom is -0.00200 e. The van der Waals surface area contributed by atoms with Crippen LogP contribution in [0.2, 0.25) is 0 Å². The summed E-state index contributed by atoms with van der Waals surface area (Å²) in [5.41, 5.74) is 0. The minimum atomic E-state index is 1.32. The molecule has 0 saturated carbocycles. The van der Waals surface area contributed by atoms with Gasteiger partial charge in [-0.3, -0.25) is 0 Å². The molecule has 0 aromatic rings. The molecule has 1 rings (SSSR count). The van der Waals surface area contributed by atoms with Crippen LogP contribution >= 0.6 is 11.8 Å². The molecule has 1 saturated heterocycles. The summed E-state index contributed by atoms with van der Waals surface area (Å²) >= 11 is 2.07. The molecule has 0 aliphatic carbocycles. The predicted octanol–water partition coefficient (Wildman–Crippen LogP) is 4.37. The van der Waals surface area contributed by atoms with Crippen molar-refractivity contribution in [1.82, 2.24) is 0 Å². The largest absolute Gasteiger partial charge is 0.131 e. The molecule has 0 atom stereocenters. The van der Waals surface area contributed by atoms with Crippen molar-refractivity contribution in [3.05, 3.63) is 11.0 Å². The molecule has 70 valence electrons. The molecule has 0 nitrogen and oxygen atoms in total. The molecule has 0 amide bonds. The first kappa shape index (κ1) is 10.2. The topological polar surface area (TPSA) is 0 Å². The molecule has 0 N–H and O–H groups in total. The molecule has 1 aliphatic rings. The van der Waals surface area contributed by atoms with Gasteiger partial charge in [0, 0.05) is 0 Å². The molecule has 12 heavy (non-hydrogen) atoms. The van der Waals surface area contributed by atoms with Gasteiger partial charge in [-0.25, -0.2) is 0 Å². The molecule has 0 aromatic carbocycles. The van der Waals surface area contributed by atoms with E-state index in [1.165, 1.54) is 50.7 Å². The van der Waals surface area contributed by atoms with Crippen LogP contribution in [0.25, 0.3) is 0 Å². The average molecular weight is 184 g/mol. The van der Waals surface area contributed by atoms with Gasteiger partial charge in [-0.05, 0) is 36.3 Å². The predicted molar refractivity (Wildman–Crippen MR) is 58.5 cm³/mol. The van der Waals surface area contributed by atoms with Crippen LogP contribution in [0.1, 0.15) is 51.9 Å². The lowest BCUT2D eigenvalue weighted by Crippen LogP contribution is -1.75. The second kappa shape index (κ2) is 6.59. The number of hydrogen-bond donors (Lipinski definition) is 0. The van der Waals surface area contributed by atoms with Gasteiger partial charge in [0.05, 0.1) is 0 Å². The van der Waals surface area contributed by atoms with E-state index in [9.17, 15) is 0 Å². The summed E-state index contributed by atoms with van der Waals surface area (Å²) in [5.74, 6) is 1.36. The van der Waals surface area contributed by atoms with E-state index in [1.807, 2.05) is 0 Å². The quantitative estimate of drug-likeness (QED) is 0.572. The highest BCUT2D eigenvalue weighted by Crippen LogP contribution is 2.30. The van der Waals surface area contributed by atoms with Crippen molar-refractivity contribution in [1.29, 1.82) is 0 Å². The minimum absolute atomic E-state index is 1.32. The van der Waals surface area contributed by atoms with Gasteiger partial charge in [-0.15, -0.1) is 11.8 Å². The highest BCUT2D eigenvalue weighted by molar-refractivity contribution is 8.03. The maximum absolute atomic E-state index is 2.47. The molecular weight excluding hydrogens is 164 g/mol. The van der Waals surface area contributed by atoms with E-state index in [0.717, 1.165) is 0 Å². The van der Waals surface area contributed by atoms with Crippen molar-refractivity contribution < 1.29 is 0 Å². The number of unbranched alkanes of at least 4 members (excludes halogenated alkanes) is 4. The summed E-state index contributed by atoms with van der Waals surface area (Å²) in [6, 6.07) is 0. The van der Waals surface area contributed by atoms with E-state index in [0.29, 0.717) is 0 Å². The molecular formula is C11H20S. The van der Waals surface area contributed by atoms with Crippen LogP contribution in [-0.4, -0.2) is 5.75 Å². The lowest BCUT2D eigenvalue weighted by Gasteiger charge is -1.96. The van der Waals surface area contributed by atoms with Crippen molar-refractivity contribution in [3.63, 3.8) is 0 Å². The van der Waals surface area contributed by atoms with Crippen LogP contribution in [-0.2, 0) is 0 Å². The summed E-state index contributed by atoms with van der Waals surface area (Å²) in [5, 5.41) is 0. The zero-order valence-electron chi connectivity index (χ0n) is 8.14. The van der Waals surface area contributed by atoms with Gasteiger partial charge in [-0.2, -0.15) is 0 Å². The average Bonchev–Trinajstić information content (AvgIpc) is 2.57. The SMILES string of the molecule is CCCCCC/C=C1\CCCS1. The van der Waals surface area contributed by atoms with E-state index in [1.54, 1.807) is 4.91 Å². The van der Waals surface area contributed by atoms with Crippen LogP contribution in [0, 0.1) is 0 Å². The van der Waals surface area contributed by atoms with Crippen molar-refractivity contribution >= 4 is 11.8 Å². The Kier molecular flexibility index (Phi) is 5.59. The molecule has 0 radical (unpaired) electrons. The van der Waals surface area contributed by atoms with Gasteiger partial charge in [0.25, 0.3) is 0 Å². The monoisotopic (exact) mass is 184 g/mol. The third kappa shape index (κ3) is 4.20. The van der Waals surface area contributed by atoms with Crippen molar-refractivity contribution in [2.45, 2.75) is 51.9 Å². The van der Waals surface area contributed by atoms with E-state index >= 15 is 0 Å². The molecule has 0 bridgehead atoms. The van der Waals surface area contributed by atoms with E-state index < -0.39 is 0 Å². The first-order valence-corrected chi connectivity index (χ1v) is 6.24. The Balaban J connectivity index is 1.96. The van der Waals surface area contributed by atoms with Gasteiger partial charge < -0.3 is 0 Å². The van der Waals surface area contributed by atoms with Crippen molar-refractivity contribution in [3.8, 4) is 0 Å². The smallest absolute Gasteiger partial charge is 0.00200 e. The standard InChI is InChI=1S/C11H20S/c1-2-3-4-5-6-8-11-9-7-10-12-11/h8H,2-7,9-10H2,1H3/b11-8+. The van der Waals surface area contributed by atoms with E-state index in [-0.39, 0.29) is 0 Å². The normalized spacial score (nSPS) is 20.6. The Hall–Kier alpha value is 0.0900.